The van der Waals surface area contributed by atoms with Gasteiger partial charge in [0.15, 0.2) is 0 Å². The first kappa shape index (κ1) is 13.7. The van der Waals surface area contributed by atoms with Gasteiger partial charge in [-0.25, -0.2) is 0 Å². The smallest absolute Gasteiger partial charge is 0.0590 e. The number of allylic oxidation sites excluding steroid dienone is 1. The third-order valence-electron chi connectivity index (χ3n) is 3.44. The van der Waals surface area contributed by atoms with E-state index in [0.717, 1.165) is 13.0 Å². The van der Waals surface area contributed by atoms with Crippen LogP contribution in [0, 0.1) is 0 Å². The number of rotatable bonds is 9. The van der Waals surface area contributed by atoms with Crippen LogP contribution in [-0.2, 0) is 4.74 Å². The molecule has 1 aliphatic rings. The maximum Gasteiger partial charge on any atom is 0.0590 e. The Morgan fingerprint density at radius 1 is 1.44 bits per heavy atom. The van der Waals surface area contributed by atoms with Gasteiger partial charge in [-0.3, -0.25) is 0 Å². The summed E-state index contributed by atoms with van der Waals surface area (Å²) in [6.07, 6.45) is 12.6. The molecule has 0 aromatic rings. The van der Waals surface area contributed by atoms with Gasteiger partial charge in [-0.1, -0.05) is 18.9 Å². The molecule has 0 aromatic carbocycles. The molecule has 1 saturated heterocycles. The van der Waals surface area contributed by atoms with Crippen LogP contribution >= 0.6 is 0 Å². The zero-order chi connectivity index (χ0) is 11.6. The number of nitrogens with one attached hydrogen (secondary N) is 1. The largest absolute Gasteiger partial charge is 0.378 e. The average molecular weight is 225 g/mol. The van der Waals surface area contributed by atoms with Gasteiger partial charge in [-0.05, 0) is 45.6 Å². The normalized spacial score (nSPS) is 22.2. The van der Waals surface area contributed by atoms with Crippen LogP contribution < -0.4 is 5.32 Å². The Labute approximate surface area is 100 Å². The molecule has 1 heterocycles. The minimum absolute atomic E-state index is 0.519. The fraction of sp³-hybridized carbons (Fsp3) is 0.857. The van der Waals surface area contributed by atoms with Gasteiger partial charge in [-0.2, -0.15) is 0 Å². The summed E-state index contributed by atoms with van der Waals surface area (Å²) >= 11 is 0. The summed E-state index contributed by atoms with van der Waals surface area (Å²) in [5, 5.41) is 3.42. The molecule has 2 nitrogen and oxygen atoms in total. The molecule has 0 aliphatic carbocycles. The van der Waals surface area contributed by atoms with Crippen molar-refractivity contribution in [2.24, 2.45) is 0 Å². The quantitative estimate of drug-likeness (QED) is 0.480. The lowest BCUT2D eigenvalue weighted by atomic mass is 10.0. The molecule has 0 saturated carbocycles. The van der Waals surface area contributed by atoms with Crippen LogP contribution in [0.25, 0.3) is 0 Å². The zero-order valence-electron chi connectivity index (χ0n) is 10.7. The summed E-state index contributed by atoms with van der Waals surface area (Å²) in [5.74, 6) is 0. The predicted octanol–water partition coefficient (Wildman–Crippen LogP) is 3.28. The predicted molar refractivity (Wildman–Crippen MR) is 69.7 cm³/mol. The van der Waals surface area contributed by atoms with Crippen molar-refractivity contribution < 1.29 is 4.74 Å². The Morgan fingerprint density at radius 3 is 2.94 bits per heavy atom. The van der Waals surface area contributed by atoms with Crippen molar-refractivity contribution in [1.82, 2.24) is 5.32 Å². The Bertz CT molecular complexity index is 176. The molecular formula is C14H27NO. The molecular weight excluding hydrogens is 198 g/mol. The van der Waals surface area contributed by atoms with Crippen molar-refractivity contribution in [2.45, 2.75) is 63.5 Å². The standard InChI is InChI=1S/C14H27NO/c1-3-4-5-6-7-9-13(15-2)12-14-10-8-11-16-14/h3,13-15H,1,4-12H2,2H3. The lowest BCUT2D eigenvalue weighted by molar-refractivity contribution is 0.0941. The molecule has 1 rings (SSSR count). The van der Waals surface area contributed by atoms with Gasteiger partial charge in [0.25, 0.3) is 0 Å². The van der Waals surface area contributed by atoms with Crippen molar-refractivity contribution in [3.05, 3.63) is 12.7 Å². The summed E-state index contributed by atoms with van der Waals surface area (Å²) in [7, 11) is 2.07. The maximum atomic E-state index is 5.68. The van der Waals surface area contributed by atoms with Crippen molar-refractivity contribution in [3.63, 3.8) is 0 Å². The molecule has 1 fully saturated rings. The molecule has 0 radical (unpaired) electrons. The highest BCUT2D eigenvalue weighted by atomic mass is 16.5. The van der Waals surface area contributed by atoms with Crippen molar-refractivity contribution in [2.75, 3.05) is 13.7 Å². The highest BCUT2D eigenvalue weighted by Gasteiger charge is 2.19. The van der Waals surface area contributed by atoms with Crippen molar-refractivity contribution in [1.29, 1.82) is 0 Å². The second-order valence-corrected chi connectivity index (χ2v) is 4.78. The fourth-order valence-corrected chi connectivity index (χ4v) is 2.38. The lowest BCUT2D eigenvalue weighted by Gasteiger charge is -2.19. The third-order valence-corrected chi connectivity index (χ3v) is 3.44. The van der Waals surface area contributed by atoms with E-state index < -0.39 is 0 Å². The Balaban J connectivity index is 2.03. The summed E-state index contributed by atoms with van der Waals surface area (Å²) in [5.41, 5.74) is 0. The molecule has 0 spiro atoms. The van der Waals surface area contributed by atoms with E-state index in [0.29, 0.717) is 12.1 Å². The highest BCUT2D eigenvalue weighted by molar-refractivity contribution is 4.74. The molecule has 16 heavy (non-hydrogen) atoms. The van der Waals surface area contributed by atoms with Gasteiger partial charge in [-0.15, -0.1) is 6.58 Å². The van der Waals surface area contributed by atoms with E-state index in [1.54, 1.807) is 0 Å². The number of hydrogen-bond acceptors (Lipinski definition) is 2. The molecule has 94 valence electrons. The van der Waals surface area contributed by atoms with E-state index in [4.69, 9.17) is 4.74 Å². The van der Waals surface area contributed by atoms with Crippen LogP contribution in [0.2, 0.25) is 0 Å². The highest BCUT2D eigenvalue weighted by Crippen LogP contribution is 2.19. The molecule has 2 unspecified atom stereocenters. The monoisotopic (exact) mass is 225 g/mol. The third kappa shape index (κ3) is 5.66. The average Bonchev–Trinajstić information content (AvgIpc) is 2.80. The van der Waals surface area contributed by atoms with E-state index in [-0.39, 0.29) is 0 Å². The lowest BCUT2D eigenvalue weighted by Crippen LogP contribution is -2.29. The first-order valence-electron chi connectivity index (χ1n) is 6.76. The minimum atomic E-state index is 0.519. The number of hydrogen-bond donors (Lipinski definition) is 1. The molecule has 0 aromatic heterocycles. The summed E-state index contributed by atoms with van der Waals surface area (Å²) in [6.45, 7) is 4.72. The van der Waals surface area contributed by atoms with Gasteiger partial charge in [0.1, 0.15) is 0 Å². The summed E-state index contributed by atoms with van der Waals surface area (Å²) < 4.78 is 5.68. The van der Waals surface area contributed by atoms with E-state index in [2.05, 4.69) is 18.9 Å². The second-order valence-electron chi connectivity index (χ2n) is 4.78. The van der Waals surface area contributed by atoms with Crippen LogP contribution in [0.4, 0.5) is 0 Å². The molecule has 1 N–H and O–H groups in total. The van der Waals surface area contributed by atoms with Gasteiger partial charge < -0.3 is 10.1 Å². The van der Waals surface area contributed by atoms with Gasteiger partial charge in [0.2, 0.25) is 0 Å². The van der Waals surface area contributed by atoms with E-state index in [9.17, 15) is 0 Å². The van der Waals surface area contributed by atoms with Crippen LogP contribution in [0.1, 0.15) is 51.4 Å². The van der Waals surface area contributed by atoms with Gasteiger partial charge in [0.05, 0.1) is 6.10 Å². The minimum Gasteiger partial charge on any atom is -0.378 e. The maximum absolute atomic E-state index is 5.68. The fourth-order valence-electron chi connectivity index (χ4n) is 2.38. The Kier molecular flexibility index (Phi) is 7.52. The van der Waals surface area contributed by atoms with Gasteiger partial charge in [0, 0.05) is 12.6 Å². The second kappa shape index (κ2) is 8.77. The van der Waals surface area contributed by atoms with Crippen LogP contribution in [0.15, 0.2) is 12.7 Å². The first-order valence-corrected chi connectivity index (χ1v) is 6.76. The first-order chi connectivity index (χ1) is 7.86. The molecule has 0 amide bonds. The molecule has 2 atom stereocenters. The van der Waals surface area contributed by atoms with Gasteiger partial charge >= 0.3 is 0 Å². The van der Waals surface area contributed by atoms with Crippen molar-refractivity contribution in [3.8, 4) is 0 Å². The van der Waals surface area contributed by atoms with Crippen LogP contribution in [0.3, 0.4) is 0 Å². The van der Waals surface area contributed by atoms with E-state index in [1.165, 1.54) is 44.9 Å². The summed E-state index contributed by atoms with van der Waals surface area (Å²) in [4.78, 5) is 0. The SMILES string of the molecule is C=CCCCCCC(CC1CCCO1)NC. The molecule has 1 aliphatic heterocycles. The molecule has 0 bridgehead atoms. The molecule has 2 heteroatoms. The Hall–Kier alpha value is -0.340. The zero-order valence-corrected chi connectivity index (χ0v) is 10.7. The topological polar surface area (TPSA) is 21.3 Å². The Morgan fingerprint density at radius 2 is 2.31 bits per heavy atom. The summed E-state index contributed by atoms with van der Waals surface area (Å²) in [6, 6.07) is 0.645. The number of ether oxygens (including phenoxy) is 1. The van der Waals surface area contributed by atoms with E-state index >= 15 is 0 Å². The van der Waals surface area contributed by atoms with Crippen LogP contribution in [-0.4, -0.2) is 25.8 Å². The van der Waals surface area contributed by atoms with Crippen molar-refractivity contribution >= 4 is 0 Å². The number of unbranched alkanes of at least 4 members (excludes halogenated alkanes) is 3. The van der Waals surface area contributed by atoms with Crippen LogP contribution in [0.5, 0.6) is 0 Å². The van der Waals surface area contributed by atoms with E-state index in [1.807, 2.05) is 6.08 Å².